The van der Waals surface area contributed by atoms with E-state index in [1.165, 1.54) is 35.6 Å². The van der Waals surface area contributed by atoms with Crippen LogP contribution in [0.2, 0.25) is 0 Å². The standard InChI is InChI=1S/C17H16O/c18-17-14-8-2-1-7-12(14)13-9-3-5-11-6-4-10-15(17)16(11)13/h3-6,9-10,12,14H,1-2,7-8H2. The average molecular weight is 236 g/mol. The first-order chi connectivity index (χ1) is 8.86. The molecule has 2 atom stereocenters. The summed E-state index contributed by atoms with van der Waals surface area (Å²) in [7, 11) is 0. The van der Waals surface area contributed by atoms with Gasteiger partial charge < -0.3 is 0 Å². The van der Waals surface area contributed by atoms with Crippen molar-refractivity contribution in [2.75, 3.05) is 0 Å². The van der Waals surface area contributed by atoms with Crippen molar-refractivity contribution in [3.05, 3.63) is 47.5 Å². The zero-order chi connectivity index (χ0) is 12.1. The van der Waals surface area contributed by atoms with Crippen molar-refractivity contribution >= 4 is 16.6 Å². The number of benzene rings is 2. The maximum absolute atomic E-state index is 12.6. The molecule has 2 aliphatic rings. The van der Waals surface area contributed by atoms with E-state index in [0.717, 1.165) is 12.0 Å². The highest BCUT2D eigenvalue weighted by molar-refractivity contribution is 6.12. The van der Waals surface area contributed by atoms with Gasteiger partial charge in [0.25, 0.3) is 0 Å². The van der Waals surface area contributed by atoms with E-state index in [0.29, 0.717) is 11.7 Å². The Morgan fingerprint density at radius 2 is 1.61 bits per heavy atom. The molecule has 0 aliphatic heterocycles. The van der Waals surface area contributed by atoms with E-state index in [1.54, 1.807) is 0 Å². The number of carbonyl (C=O) groups excluding carboxylic acids is 1. The first kappa shape index (κ1) is 10.3. The number of carbonyl (C=O) groups is 1. The molecule has 18 heavy (non-hydrogen) atoms. The van der Waals surface area contributed by atoms with E-state index in [2.05, 4.69) is 24.3 Å². The number of ketones is 1. The molecule has 4 rings (SSSR count). The van der Waals surface area contributed by atoms with Crippen molar-refractivity contribution in [1.29, 1.82) is 0 Å². The predicted octanol–water partition coefficient (Wildman–Crippen LogP) is 4.31. The number of hydrogen-bond acceptors (Lipinski definition) is 1. The van der Waals surface area contributed by atoms with Crippen LogP contribution in [-0.4, -0.2) is 5.78 Å². The molecule has 1 saturated carbocycles. The van der Waals surface area contributed by atoms with Crippen LogP contribution in [0.5, 0.6) is 0 Å². The lowest BCUT2D eigenvalue weighted by atomic mass is 9.67. The van der Waals surface area contributed by atoms with Crippen molar-refractivity contribution in [2.45, 2.75) is 31.6 Å². The monoisotopic (exact) mass is 236 g/mol. The minimum atomic E-state index is 0.249. The van der Waals surface area contributed by atoms with Crippen LogP contribution in [0.25, 0.3) is 10.8 Å². The van der Waals surface area contributed by atoms with E-state index in [-0.39, 0.29) is 5.92 Å². The maximum Gasteiger partial charge on any atom is 0.167 e. The molecule has 2 aliphatic carbocycles. The molecule has 0 saturated heterocycles. The molecule has 2 unspecified atom stereocenters. The Hall–Kier alpha value is -1.63. The van der Waals surface area contributed by atoms with Crippen LogP contribution in [0.4, 0.5) is 0 Å². The summed E-state index contributed by atoms with van der Waals surface area (Å²) in [5.41, 5.74) is 2.39. The number of fused-ring (bicyclic) bond motifs is 2. The summed E-state index contributed by atoms with van der Waals surface area (Å²) in [5, 5.41) is 2.45. The summed E-state index contributed by atoms with van der Waals surface area (Å²) >= 11 is 0. The van der Waals surface area contributed by atoms with E-state index >= 15 is 0 Å². The molecule has 0 aromatic heterocycles. The fourth-order valence-corrected chi connectivity index (χ4v) is 3.90. The third-order valence-electron chi connectivity index (χ3n) is 4.70. The van der Waals surface area contributed by atoms with Gasteiger partial charge in [0, 0.05) is 11.5 Å². The Bertz CT molecular complexity index is 636. The Morgan fingerprint density at radius 3 is 2.44 bits per heavy atom. The normalized spacial score (nSPS) is 26.1. The van der Waals surface area contributed by atoms with Crippen LogP contribution in [0.3, 0.4) is 0 Å². The zero-order valence-corrected chi connectivity index (χ0v) is 10.4. The molecule has 2 aromatic rings. The second kappa shape index (κ2) is 3.68. The van der Waals surface area contributed by atoms with E-state index in [9.17, 15) is 4.79 Å². The van der Waals surface area contributed by atoms with Crippen LogP contribution in [0.1, 0.15) is 47.5 Å². The van der Waals surface area contributed by atoms with Gasteiger partial charge in [0.05, 0.1) is 0 Å². The molecule has 0 heterocycles. The van der Waals surface area contributed by atoms with E-state index in [4.69, 9.17) is 0 Å². The van der Waals surface area contributed by atoms with Crippen molar-refractivity contribution in [3.63, 3.8) is 0 Å². The molecule has 0 spiro atoms. The van der Waals surface area contributed by atoms with Gasteiger partial charge in [0.15, 0.2) is 5.78 Å². The van der Waals surface area contributed by atoms with Gasteiger partial charge in [-0.1, -0.05) is 49.2 Å². The molecule has 2 aromatic carbocycles. The van der Waals surface area contributed by atoms with Crippen molar-refractivity contribution < 1.29 is 4.79 Å². The lowest BCUT2D eigenvalue weighted by Gasteiger charge is -2.35. The highest BCUT2D eigenvalue weighted by atomic mass is 16.1. The minimum Gasteiger partial charge on any atom is -0.294 e. The SMILES string of the molecule is O=C1c2cccc3cccc(c23)C2CCCCC12. The molecular weight excluding hydrogens is 220 g/mol. The number of Topliss-reactive ketones (excluding diaryl/α,β-unsaturated/α-hetero) is 1. The Labute approximate surface area is 107 Å². The summed E-state index contributed by atoms with van der Waals surface area (Å²) in [6.07, 6.45) is 4.75. The topological polar surface area (TPSA) is 17.1 Å². The van der Waals surface area contributed by atoms with Gasteiger partial charge in [0.2, 0.25) is 0 Å². The quantitative estimate of drug-likeness (QED) is 0.666. The second-order valence-corrected chi connectivity index (χ2v) is 5.61. The second-order valence-electron chi connectivity index (χ2n) is 5.61. The fraction of sp³-hybridized carbons (Fsp3) is 0.353. The van der Waals surface area contributed by atoms with Crippen LogP contribution < -0.4 is 0 Å². The Balaban J connectivity index is 2.07. The smallest absolute Gasteiger partial charge is 0.167 e. The summed E-state index contributed by atoms with van der Waals surface area (Å²) in [6.45, 7) is 0. The Morgan fingerprint density at radius 1 is 0.889 bits per heavy atom. The molecule has 0 bridgehead atoms. The van der Waals surface area contributed by atoms with Crippen LogP contribution >= 0.6 is 0 Å². The predicted molar refractivity (Wildman–Crippen MR) is 73.0 cm³/mol. The molecule has 90 valence electrons. The zero-order valence-electron chi connectivity index (χ0n) is 10.4. The first-order valence-corrected chi connectivity index (χ1v) is 6.92. The van der Waals surface area contributed by atoms with Crippen molar-refractivity contribution in [2.24, 2.45) is 5.92 Å². The molecule has 0 amide bonds. The van der Waals surface area contributed by atoms with Crippen LogP contribution in [0, 0.1) is 5.92 Å². The van der Waals surface area contributed by atoms with Gasteiger partial charge >= 0.3 is 0 Å². The Kier molecular flexibility index (Phi) is 2.11. The van der Waals surface area contributed by atoms with Crippen molar-refractivity contribution in [3.8, 4) is 0 Å². The number of rotatable bonds is 0. The lowest BCUT2D eigenvalue weighted by molar-refractivity contribution is 0.0863. The average Bonchev–Trinajstić information content (AvgIpc) is 2.44. The lowest BCUT2D eigenvalue weighted by Crippen LogP contribution is -2.29. The minimum absolute atomic E-state index is 0.249. The maximum atomic E-state index is 12.6. The van der Waals surface area contributed by atoms with E-state index < -0.39 is 0 Å². The van der Waals surface area contributed by atoms with Gasteiger partial charge in [-0.05, 0) is 35.1 Å². The molecule has 1 fully saturated rings. The molecule has 1 nitrogen and oxygen atoms in total. The summed E-state index contributed by atoms with van der Waals surface area (Å²) in [6, 6.07) is 12.7. The third kappa shape index (κ3) is 1.25. The number of hydrogen-bond donors (Lipinski definition) is 0. The summed E-state index contributed by atoms with van der Waals surface area (Å²) in [5.74, 6) is 1.12. The third-order valence-corrected chi connectivity index (χ3v) is 4.70. The summed E-state index contributed by atoms with van der Waals surface area (Å²) in [4.78, 5) is 12.6. The molecule has 0 N–H and O–H groups in total. The largest absolute Gasteiger partial charge is 0.294 e. The van der Waals surface area contributed by atoms with E-state index in [1.807, 2.05) is 12.1 Å². The van der Waals surface area contributed by atoms with Crippen LogP contribution in [0.15, 0.2) is 36.4 Å². The van der Waals surface area contributed by atoms with Gasteiger partial charge in [-0.15, -0.1) is 0 Å². The highest BCUT2D eigenvalue weighted by Gasteiger charge is 2.37. The molecule has 1 heteroatoms. The van der Waals surface area contributed by atoms with Gasteiger partial charge in [-0.25, -0.2) is 0 Å². The van der Waals surface area contributed by atoms with Crippen molar-refractivity contribution in [1.82, 2.24) is 0 Å². The highest BCUT2D eigenvalue weighted by Crippen LogP contribution is 2.46. The molecule has 0 radical (unpaired) electrons. The first-order valence-electron chi connectivity index (χ1n) is 6.92. The summed E-state index contributed by atoms with van der Waals surface area (Å²) < 4.78 is 0. The van der Waals surface area contributed by atoms with Crippen LogP contribution in [-0.2, 0) is 0 Å². The fourth-order valence-electron chi connectivity index (χ4n) is 3.90. The van der Waals surface area contributed by atoms with Gasteiger partial charge in [-0.2, -0.15) is 0 Å². The van der Waals surface area contributed by atoms with Gasteiger partial charge in [0.1, 0.15) is 0 Å². The van der Waals surface area contributed by atoms with Gasteiger partial charge in [-0.3, -0.25) is 4.79 Å². The molecular formula is C17H16O.